The fourth-order valence-electron chi connectivity index (χ4n) is 1.17. The van der Waals surface area contributed by atoms with Crippen molar-refractivity contribution >= 4 is 33.9 Å². The number of halogens is 1. The number of hydrogen-bond acceptors (Lipinski definition) is 3. The van der Waals surface area contributed by atoms with Gasteiger partial charge in [0.25, 0.3) is 5.91 Å². The maximum atomic E-state index is 11.4. The van der Waals surface area contributed by atoms with Crippen LogP contribution in [0.15, 0.2) is 28.7 Å². The molecule has 1 aromatic carbocycles. The van der Waals surface area contributed by atoms with Crippen molar-refractivity contribution in [3.63, 3.8) is 0 Å². The Hall–Kier alpha value is -1.82. The van der Waals surface area contributed by atoms with Crippen LogP contribution in [0.3, 0.4) is 0 Å². The van der Waals surface area contributed by atoms with Gasteiger partial charge in [-0.15, -0.1) is 0 Å². The Morgan fingerprint density at radius 1 is 1.42 bits per heavy atom. The first-order valence-electron chi connectivity index (χ1n) is 5.43. The molecule has 0 radical (unpaired) electrons. The van der Waals surface area contributed by atoms with Crippen LogP contribution in [0.1, 0.15) is 5.56 Å². The lowest BCUT2D eigenvalue weighted by Gasteiger charge is -2.12. The first-order valence-corrected chi connectivity index (χ1v) is 6.23. The van der Waals surface area contributed by atoms with Gasteiger partial charge in [0, 0.05) is 20.2 Å². The van der Waals surface area contributed by atoms with Crippen LogP contribution < -0.4 is 4.74 Å². The Labute approximate surface area is 119 Å². The fraction of sp³-hybridized carbons (Fsp3) is 0.231. The van der Waals surface area contributed by atoms with Crippen molar-refractivity contribution in [2.24, 2.45) is 0 Å². The van der Waals surface area contributed by atoms with Crippen molar-refractivity contribution in [2.45, 2.75) is 0 Å². The predicted octanol–water partition coefficient (Wildman–Crippen LogP) is 2.01. The van der Waals surface area contributed by atoms with Gasteiger partial charge < -0.3 is 14.7 Å². The van der Waals surface area contributed by atoms with E-state index in [9.17, 15) is 9.59 Å². The van der Waals surface area contributed by atoms with Gasteiger partial charge in [-0.3, -0.25) is 4.79 Å². The van der Waals surface area contributed by atoms with Crippen LogP contribution in [0, 0.1) is 0 Å². The van der Waals surface area contributed by atoms with Gasteiger partial charge in [0.1, 0.15) is 5.75 Å². The third-order valence-electron chi connectivity index (χ3n) is 2.22. The average molecular weight is 328 g/mol. The Morgan fingerprint density at radius 2 is 2.11 bits per heavy atom. The number of carboxylic acid groups (broad SMARTS) is 1. The first-order chi connectivity index (χ1) is 8.90. The molecule has 0 heterocycles. The van der Waals surface area contributed by atoms with E-state index in [0.717, 1.165) is 11.6 Å². The molecular formula is C13H14BrNO4. The minimum absolute atomic E-state index is 0.0457. The zero-order valence-electron chi connectivity index (χ0n) is 10.6. The van der Waals surface area contributed by atoms with Gasteiger partial charge >= 0.3 is 5.97 Å². The summed E-state index contributed by atoms with van der Waals surface area (Å²) in [5.41, 5.74) is 0.723. The monoisotopic (exact) mass is 327 g/mol. The zero-order valence-corrected chi connectivity index (χ0v) is 12.2. The highest BCUT2D eigenvalue weighted by molar-refractivity contribution is 9.10. The number of amides is 1. The molecule has 0 spiro atoms. The summed E-state index contributed by atoms with van der Waals surface area (Å²) in [6, 6.07) is 5.10. The number of carbonyl (C=O) groups excluding carboxylic acids is 1. The molecule has 1 N–H and O–H groups in total. The lowest BCUT2D eigenvalue weighted by atomic mass is 10.2. The summed E-state index contributed by atoms with van der Waals surface area (Å²) in [5, 5.41) is 8.53. The molecule has 0 unspecified atom stereocenters. The van der Waals surface area contributed by atoms with Crippen molar-refractivity contribution < 1.29 is 19.4 Å². The van der Waals surface area contributed by atoms with Crippen molar-refractivity contribution in [3.05, 3.63) is 34.3 Å². The maximum absolute atomic E-state index is 11.4. The Kier molecular flexibility index (Phi) is 5.57. The van der Waals surface area contributed by atoms with Crippen LogP contribution in [0.25, 0.3) is 6.08 Å². The van der Waals surface area contributed by atoms with Gasteiger partial charge in [-0.25, -0.2) is 4.79 Å². The largest absolute Gasteiger partial charge is 0.483 e. The molecule has 0 aromatic heterocycles. The van der Waals surface area contributed by atoms with Crippen molar-refractivity contribution in [2.75, 3.05) is 20.7 Å². The van der Waals surface area contributed by atoms with Crippen molar-refractivity contribution in [3.8, 4) is 5.75 Å². The van der Waals surface area contributed by atoms with E-state index in [-0.39, 0.29) is 12.5 Å². The van der Waals surface area contributed by atoms with Crippen LogP contribution >= 0.6 is 15.9 Å². The number of carbonyl (C=O) groups is 2. The smallest absolute Gasteiger partial charge is 0.328 e. The van der Waals surface area contributed by atoms with Gasteiger partial charge in [0.15, 0.2) is 6.61 Å². The lowest BCUT2D eigenvalue weighted by Crippen LogP contribution is -2.27. The topological polar surface area (TPSA) is 66.8 Å². The molecule has 0 saturated carbocycles. The number of ether oxygens (including phenoxy) is 1. The number of aliphatic carboxylic acids is 1. The highest BCUT2D eigenvalue weighted by Crippen LogP contribution is 2.26. The Balaban J connectivity index is 2.72. The second-order valence-electron chi connectivity index (χ2n) is 3.94. The molecule has 0 aliphatic rings. The van der Waals surface area contributed by atoms with Crippen LogP contribution in [-0.2, 0) is 9.59 Å². The lowest BCUT2D eigenvalue weighted by molar-refractivity contribution is -0.131. The molecule has 6 heteroatoms. The summed E-state index contributed by atoms with van der Waals surface area (Å²) in [6.45, 7) is -0.0457. The predicted molar refractivity (Wildman–Crippen MR) is 75.0 cm³/mol. The SMILES string of the molecule is CN(C)C(=O)COc1ccc(C=CC(=O)O)cc1Br. The highest BCUT2D eigenvalue weighted by Gasteiger charge is 2.07. The molecule has 19 heavy (non-hydrogen) atoms. The number of rotatable bonds is 5. The molecule has 102 valence electrons. The summed E-state index contributed by atoms with van der Waals surface area (Å²) in [7, 11) is 3.31. The van der Waals surface area contributed by atoms with E-state index in [4.69, 9.17) is 9.84 Å². The van der Waals surface area contributed by atoms with Crippen LogP contribution in [0.5, 0.6) is 5.75 Å². The summed E-state index contributed by atoms with van der Waals surface area (Å²) in [4.78, 5) is 23.2. The summed E-state index contributed by atoms with van der Waals surface area (Å²) < 4.78 is 6.02. The molecule has 0 atom stereocenters. The second kappa shape index (κ2) is 6.94. The van der Waals surface area contributed by atoms with Gasteiger partial charge in [-0.05, 0) is 39.7 Å². The van der Waals surface area contributed by atoms with Gasteiger partial charge in [0.05, 0.1) is 4.47 Å². The molecule has 0 aliphatic heterocycles. The minimum Gasteiger partial charge on any atom is -0.483 e. The van der Waals surface area contributed by atoms with Crippen LogP contribution in [0.4, 0.5) is 0 Å². The number of hydrogen-bond donors (Lipinski definition) is 1. The van der Waals surface area contributed by atoms with Crippen molar-refractivity contribution in [1.29, 1.82) is 0 Å². The maximum Gasteiger partial charge on any atom is 0.328 e. The molecule has 5 nitrogen and oxygen atoms in total. The zero-order chi connectivity index (χ0) is 14.4. The molecule has 1 rings (SSSR count). The van der Waals surface area contributed by atoms with Gasteiger partial charge in [-0.1, -0.05) is 6.07 Å². The van der Waals surface area contributed by atoms with E-state index in [1.54, 1.807) is 32.3 Å². The molecule has 0 bridgehead atoms. The summed E-state index contributed by atoms with van der Waals surface area (Å²) in [5.74, 6) is -0.613. The quantitative estimate of drug-likeness (QED) is 0.840. The van der Waals surface area contributed by atoms with Gasteiger partial charge in [0.2, 0.25) is 0 Å². The molecular weight excluding hydrogens is 314 g/mol. The van der Waals surface area contributed by atoms with Gasteiger partial charge in [-0.2, -0.15) is 0 Å². The molecule has 0 fully saturated rings. The molecule has 1 aromatic rings. The van der Waals surface area contributed by atoms with E-state index >= 15 is 0 Å². The van der Waals surface area contributed by atoms with E-state index < -0.39 is 5.97 Å². The number of benzene rings is 1. The number of likely N-dealkylation sites (N-methyl/N-ethyl adjacent to an activating group) is 1. The standard InChI is InChI=1S/C13H14BrNO4/c1-15(2)12(16)8-19-11-5-3-9(7-10(11)14)4-6-13(17)18/h3-7H,8H2,1-2H3,(H,17,18). The second-order valence-corrected chi connectivity index (χ2v) is 4.79. The fourth-order valence-corrected chi connectivity index (χ4v) is 1.68. The summed E-state index contributed by atoms with van der Waals surface area (Å²) in [6.07, 6.45) is 2.53. The van der Waals surface area contributed by atoms with E-state index in [2.05, 4.69) is 15.9 Å². The third-order valence-corrected chi connectivity index (χ3v) is 2.84. The first kappa shape index (κ1) is 15.2. The Bertz CT molecular complexity index is 511. The number of carboxylic acids is 1. The number of nitrogens with zero attached hydrogens (tertiary/aromatic N) is 1. The average Bonchev–Trinajstić information content (AvgIpc) is 2.34. The van der Waals surface area contributed by atoms with Crippen LogP contribution in [-0.4, -0.2) is 42.6 Å². The summed E-state index contributed by atoms with van der Waals surface area (Å²) >= 11 is 3.31. The highest BCUT2D eigenvalue weighted by atomic mass is 79.9. The van der Waals surface area contributed by atoms with Crippen LogP contribution in [0.2, 0.25) is 0 Å². The molecule has 0 saturated heterocycles. The minimum atomic E-state index is -1.01. The van der Waals surface area contributed by atoms with E-state index in [1.807, 2.05) is 0 Å². The normalized spacial score (nSPS) is 10.5. The third kappa shape index (κ3) is 5.13. The molecule has 1 amide bonds. The molecule has 0 aliphatic carbocycles. The van der Waals surface area contributed by atoms with E-state index in [0.29, 0.717) is 10.2 Å². The Morgan fingerprint density at radius 3 is 2.63 bits per heavy atom. The van der Waals surface area contributed by atoms with E-state index in [1.165, 1.54) is 11.0 Å². The van der Waals surface area contributed by atoms with Crippen molar-refractivity contribution in [1.82, 2.24) is 4.90 Å².